The molecule has 8 nitrogen and oxygen atoms in total. The number of nitrogens with zero attached hydrogens (tertiary/aromatic N) is 3. The molecule has 2 aliphatic rings. The lowest BCUT2D eigenvalue weighted by atomic mass is 9.98. The molecule has 2 fully saturated rings. The third kappa shape index (κ3) is 3.44. The molecule has 1 saturated carbocycles. The smallest absolute Gasteiger partial charge is 0.312 e. The van der Waals surface area contributed by atoms with Crippen molar-refractivity contribution in [3.63, 3.8) is 0 Å². The monoisotopic (exact) mass is 304 g/mol. The van der Waals surface area contributed by atoms with Gasteiger partial charge in [0.2, 0.25) is 11.9 Å². The molecule has 2 atom stereocenters. The lowest BCUT2D eigenvalue weighted by Gasteiger charge is -2.19. The number of rotatable bonds is 5. The minimum Gasteiger partial charge on any atom is -0.352 e. The molecule has 8 heteroatoms. The van der Waals surface area contributed by atoms with Crippen LogP contribution in [0.1, 0.15) is 12.8 Å². The fraction of sp³-hybridized carbons (Fsp3) is 0.571. The Morgan fingerprint density at radius 2 is 2.00 bits per heavy atom. The largest absolute Gasteiger partial charge is 0.352 e. The highest BCUT2D eigenvalue weighted by Gasteiger charge is 2.43. The molecule has 0 unspecified atom stereocenters. The molecule has 1 aromatic heterocycles. The lowest BCUT2D eigenvalue weighted by molar-refractivity contribution is -0.120. The molecule has 0 radical (unpaired) electrons. The molecule has 0 bridgehead atoms. The number of anilines is 1. The molecule has 0 spiro atoms. The van der Waals surface area contributed by atoms with Crippen molar-refractivity contribution in [2.24, 2.45) is 17.6 Å². The fourth-order valence-corrected chi connectivity index (χ4v) is 3.03. The van der Waals surface area contributed by atoms with E-state index in [0.29, 0.717) is 24.3 Å². The molecule has 2 heterocycles. The Kier molecular flexibility index (Phi) is 4.08. The molecule has 3 rings (SSSR count). The summed E-state index contributed by atoms with van der Waals surface area (Å²) in [5.74, 6) is 1.54. The summed E-state index contributed by atoms with van der Waals surface area (Å²) in [5.41, 5.74) is 4.98. The second-order valence-corrected chi connectivity index (χ2v) is 5.85. The second-order valence-electron chi connectivity index (χ2n) is 5.85. The number of urea groups is 1. The van der Waals surface area contributed by atoms with E-state index in [-0.39, 0.29) is 18.5 Å². The zero-order valence-corrected chi connectivity index (χ0v) is 12.2. The highest BCUT2D eigenvalue weighted by molar-refractivity contribution is 5.83. The van der Waals surface area contributed by atoms with E-state index in [1.54, 1.807) is 18.5 Å². The van der Waals surface area contributed by atoms with Gasteiger partial charge in [0, 0.05) is 31.4 Å². The number of carbonyl (C=O) groups is 2. The van der Waals surface area contributed by atoms with E-state index in [4.69, 9.17) is 5.73 Å². The Hall–Kier alpha value is -2.38. The summed E-state index contributed by atoms with van der Waals surface area (Å²) in [4.78, 5) is 33.2. The molecule has 4 N–H and O–H groups in total. The minimum absolute atomic E-state index is 0.0542. The standard InChI is InChI=1S/C14H20N6O2/c15-13(22)18-6-12(21)19-11-8-20(7-10(11)9-2-3-9)14-16-4-1-5-17-14/h1,4-5,9-11H,2-3,6-8H2,(H,19,21)(H3,15,18,22)/t10-,11+/m0/s1. The van der Waals surface area contributed by atoms with Crippen LogP contribution in [0.25, 0.3) is 0 Å². The van der Waals surface area contributed by atoms with Gasteiger partial charge in [-0.25, -0.2) is 14.8 Å². The molecule has 1 aliphatic heterocycles. The Morgan fingerprint density at radius 3 is 2.64 bits per heavy atom. The Labute approximate surface area is 128 Å². The van der Waals surface area contributed by atoms with Gasteiger partial charge in [0.05, 0.1) is 12.6 Å². The van der Waals surface area contributed by atoms with Gasteiger partial charge < -0.3 is 21.3 Å². The van der Waals surface area contributed by atoms with Crippen LogP contribution in [0.15, 0.2) is 18.5 Å². The molecule has 1 aromatic rings. The van der Waals surface area contributed by atoms with Crippen LogP contribution in [0.2, 0.25) is 0 Å². The number of amides is 3. The molecule has 3 amide bonds. The highest BCUT2D eigenvalue weighted by atomic mass is 16.2. The molecule has 1 aliphatic carbocycles. The first-order valence-electron chi connectivity index (χ1n) is 7.48. The molecular formula is C14H20N6O2. The van der Waals surface area contributed by atoms with Crippen molar-refractivity contribution in [3.8, 4) is 0 Å². The Bertz CT molecular complexity index is 548. The predicted molar refractivity (Wildman–Crippen MR) is 80.0 cm³/mol. The first-order valence-corrected chi connectivity index (χ1v) is 7.48. The fourth-order valence-electron chi connectivity index (χ4n) is 3.03. The van der Waals surface area contributed by atoms with Gasteiger partial charge in [0.15, 0.2) is 0 Å². The van der Waals surface area contributed by atoms with Gasteiger partial charge in [-0.15, -0.1) is 0 Å². The average Bonchev–Trinajstić information content (AvgIpc) is 3.27. The van der Waals surface area contributed by atoms with E-state index in [2.05, 4.69) is 25.5 Å². The number of hydrogen-bond acceptors (Lipinski definition) is 5. The van der Waals surface area contributed by atoms with Crippen LogP contribution in [0.3, 0.4) is 0 Å². The average molecular weight is 304 g/mol. The number of primary amides is 1. The van der Waals surface area contributed by atoms with Crippen molar-refractivity contribution in [3.05, 3.63) is 18.5 Å². The van der Waals surface area contributed by atoms with Crippen LogP contribution in [0.5, 0.6) is 0 Å². The zero-order chi connectivity index (χ0) is 15.5. The van der Waals surface area contributed by atoms with Crippen molar-refractivity contribution in [2.45, 2.75) is 18.9 Å². The van der Waals surface area contributed by atoms with Crippen LogP contribution < -0.4 is 21.3 Å². The van der Waals surface area contributed by atoms with Gasteiger partial charge in [-0.3, -0.25) is 4.79 Å². The van der Waals surface area contributed by atoms with Gasteiger partial charge in [-0.1, -0.05) is 0 Å². The summed E-state index contributed by atoms with van der Waals surface area (Å²) < 4.78 is 0. The van der Waals surface area contributed by atoms with E-state index >= 15 is 0 Å². The van der Waals surface area contributed by atoms with Crippen LogP contribution in [-0.4, -0.2) is 47.6 Å². The van der Waals surface area contributed by atoms with Gasteiger partial charge in [-0.2, -0.15) is 0 Å². The van der Waals surface area contributed by atoms with Crippen molar-refractivity contribution < 1.29 is 9.59 Å². The van der Waals surface area contributed by atoms with Crippen molar-refractivity contribution in [1.82, 2.24) is 20.6 Å². The first kappa shape index (κ1) is 14.6. The SMILES string of the molecule is NC(=O)NCC(=O)N[C@@H]1CN(c2ncccn2)C[C@H]1C1CC1. The topological polar surface area (TPSA) is 113 Å². The summed E-state index contributed by atoms with van der Waals surface area (Å²) in [5, 5.41) is 5.31. The summed E-state index contributed by atoms with van der Waals surface area (Å²) in [7, 11) is 0. The predicted octanol–water partition coefficient (Wildman–Crippen LogP) is -0.524. The quantitative estimate of drug-likeness (QED) is 0.677. The van der Waals surface area contributed by atoms with Gasteiger partial charge >= 0.3 is 6.03 Å². The molecule has 118 valence electrons. The van der Waals surface area contributed by atoms with Gasteiger partial charge in [0.1, 0.15) is 0 Å². The van der Waals surface area contributed by atoms with E-state index in [9.17, 15) is 9.59 Å². The third-order valence-corrected chi connectivity index (χ3v) is 4.20. The lowest BCUT2D eigenvalue weighted by Crippen LogP contribution is -2.46. The maximum Gasteiger partial charge on any atom is 0.312 e. The summed E-state index contributed by atoms with van der Waals surface area (Å²) >= 11 is 0. The molecule has 0 aromatic carbocycles. The summed E-state index contributed by atoms with van der Waals surface area (Å²) in [6.45, 7) is 1.45. The minimum atomic E-state index is -0.695. The first-order chi connectivity index (χ1) is 10.6. The van der Waals surface area contributed by atoms with Crippen LogP contribution in [0.4, 0.5) is 10.7 Å². The summed E-state index contributed by atoms with van der Waals surface area (Å²) in [6, 6.07) is 1.14. The normalized spacial score (nSPS) is 24.1. The van der Waals surface area contributed by atoms with E-state index in [1.165, 1.54) is 12.8 Å². The number of nitrogens with two attached hydrogens (primary N) is 1. The number of carbonyl (C=O) groups excluding carboxylic acids is 2. The Morgan fingerprint density at radius 1 is 1.27 bits per heavy atom. The Balaban J connectivity index is 1.62. The van der Waals surface area contributed by atoms with Crippen LogP contribution in [-0.2, 0) is 4.79 Å². The van der Waals surface area contributed by atoms with E-state index in [1.807, 2.05) is 0 Å². The third-order valence-electron chi connectivity index (χ3n) is 4.20. The number of nitrogens with one attached hydrogen (secondary N) is 2. The highest BCUT2D eigenvalue weighted by Crippen LogP contribution is 2.41. The zero-order valence-electron chi connectivity index (χ0n) is 12.2. The van der Waals surface area contributed by atoms with Gasteiger partial charge in [-0.05, 0) is 24.8 Å². The second kappa shape index (κ2) is 6.17. The van der Waals surface area contributed by atoms with E-state index in [0.717, 1.165) is 6.54 Å². The summed E-state index contributed by atoms with van der Waals surface area (Å²) in [6.07, 6.45) is 5.86. The maximum atomic E-state index is 11.9. The number of aromatic nitrogens is 2. The van der Waals surface area contributed by atoms with Crippen LogP contribution in [0, 0.1) is 11.8 Å². The van der Waals surface area contributed by atoms with Crippen molar-refractivity contribution >= 4 is 17.9 Å². The molecule has 22 heavy (non-hydrogen) atoms. The maximum absolute atomic E-state index is 11.9. The molecular weight excluding hydrogens is 284 g/mol. The van der Waals surface area contributed by atoms with Gasteiger partial charge in [0.25, 0.3) is 0 Å². The molecule has 1 saturated heterocycles. The van der Waals surface area contributed by atoms with Crippen molar-refractivity contribution in [2.75, 3.05) is 24.5 Å². The number of hydrogen-bond donors (Lipinski definition) is 3. The van der Waals surface area contributed by atoms with Crippen molar-refractivity contribution in [1.29, 1.82) is 0 Å². The van der Waals surface area contributed by atoms with Crippen LogP contribution >= 0.6 is 0 Å². The van der Waals surface area contributed by atoms with E-state index < -0.39 is 6.03 Å².